The Balaban J connectivity index is 2.57. The second-order valence-corrected chi connectivity index (χ2v) is 4.47. The minimum atomic E-state index is 0.713. The Morgan fingerprint density at radius 1 is 1.11 bits per heavy atom. The van der Waals surface area contributed by atoms with Crippen molar-refractivity contribution in [2.75, 3.05) is 14.2 Å². The van der Waals surface area contributed by atoms with Gasteiger partial charge >= 0.3 is 0 Å². The molecular weight excluding hydrogens is 246 g/mol. The fourth-order valence-electron chi connectivity index (χ4n) is 2.02. The smallest absolute Gasteiger partial charge is 0.126 e. The van der Waals surface area contributed by atoms with Crippen LogP contribution < -0.4 is 10.1 Å². The highest BCUT2D eigenvalue weighted by Gasteiger charge is 2.10. The van der Waals surface area contributed by atoms with Gasteiger partial charge in [0.1, 0.15) is 5.75 Å². The number of methoxy groups -OCH3 is 1. The lowest BCUT2D eigenvalue weighted by atomic mass is 9.99. The van der Waals surface area contributed by atoms with Crippen LogP contribution in [-0.4, -0.2) is 14.2 Å². The Morgan fingerprint density at radius 2 is 1.89 bits per heavy atom. The maximum atomic E-state index is 6.08. The topological polar surface area (TPSA) is 21.3 Å². The molecule has 0 aliphatic heterocycles. The number of hydrogen-bond acceptors (Lipinski definition) is 2. The highest BCUT2D eigenvalue weighted by molar-refractivity contribution is 6.31. The van der Waals surface area contributed by atoms with Crippen molar-refractivity contribution >= 4 is 11.6 Å². The van der Waals surface area contributed by atoms with Crippen LogP contribution in [0.25, 0.3) is 11.1 Å². The third-order valence-electron chi connectivity index (χ3n) is 2.84. The molecule has 0 amide bonds. The summed E-state index contributed by atoms with van der Waals surface area (Å²) in [6.45, 7) is 0.811. The van der Waals surface area contributed by atoms with Crippen LogP contribution in [0.5, 0.6) is 5.75 Å². The summed E-state index contributed by atoms with van der Waals surface area (Å²) in [6.07, 6.45) is 0. The van der Waals surface area contributed by atoms with Crippen molar-refractivity contribution in [3.8, 4) is 16.9 Å². The molecule has 0 radical (unpaired) electrons. The number of benzene rings is 2. The van der Waals surface area contributed by atoms with E-state index in [1.165, 1.54) is 5.56 Å². The lowest BCUT2D eigenvalue weighted by molar-refractivity contribution is 0.416. The summed E-state index contributed by atoms with van der Waals surface area (Å²) in [5, 5.41) is 3.89. The van der Waals surface area contributed by atoms with Crippen LogP contribution in [0.4, 0.5) is 0 Å². The van der Waals surface area contributed by atoms with Crippen LogP contribution in [0.3, 0.4) is 0 Å². The normalized spacial score (nSPS) is 10.4. The first kappa shape index (κ1) is 12.9. The molecule has 18 heavy (non-hydrogen) atoms. The zero-order valence-corrected chi connectivity index (χ0v) is 11.3. The van der Waals surface area contributed by atoms with Crippen molar-refractivity contribution in [2.24, 2.45) is 0 Å². The minimum absolute atomic E-state index is 0.713. The molecule has 0 unspecified atom stereocenters. The second kappa shape index (κ2) is 5.89. The molecule has 0 saturated carbocycles. The lowest BCUT2D eigenvalue weighted by Crippen LogP contribution is -2.06. The van der Waals surface area contributed by atoms with Gasteiger partial charge in [-0.25, -0.2) is 0 Å². The summed E-state index contributed by atoms with van der Waals surface area (Å²) < 4.78 is 5.41. The summed E-state index contributed by atoms with van der Waals surface area (Å²) in [5.74, 6) is 0.836. The maximum Gasteiger partial charge on any atom is 0.126 e. The molecule has 0 fully saturated rings. The number of nitrogens with one attached hydrogen (secondary N) is 1. The molecule has 0 bridgehead atoms. The average molecular weight is 262 g/mol. The van der Waals surface area contributed by atoms with Gasteiger partial charge in [-0.05, 0) is 36.4 Å². The van der Waals surface area contributed by atoms with Gasteiger partial charge in [0.2, 0.25) is 0 Å². The van der Waals surface area contributed by atoms with E-state index in [1.54, 1.807) is 7.11 Å². The van der Waals surface area contributed by atoms with Crippen LogP contribution >= 0.6 is 11.6 Å². The van der Waals surface area contributed by atoms with Gasteiger partial charge in [0.25, 0.3) is 0 Å². The van der Waals surface area contributed by atoms with Gasteiger partial charge < -0.3 is 10.1 Å². The van der Waals surface area contributed by atoms with E-state index in [2.05, 4.69) is 17.4 Å². The number of ether oxygens (including phenoxy) is 1. The standard InChI is InChI=1S/C15H16ClNO/c1-17-10-11-5-3-4-6-13(11)14-9-12(16)7-8-15(14)18-2/h3-9,17H,10H2,1-2H3. The van der Waals surface area contributed by atoms with E-state index >= 15 is 0 Å². The SMILES string of the molecule is CNCc1ccccc1-c1cc(Cl)ccc1OC. The van der Waals surface area contributed by atoms with Gasteiger partial charge in [0, 0.05) is 17.1 Å². The quantitative estimate of drug-likeness (QED) is 0.905. The first-order valence-corrected chi connectivity index (χ1v) is 6.20. The number of hydrogen-bond donors (Lipinski definition) is 1. The molecule has 0 spiro atoms. The Bertz CT molecular complexity index is 540. The van der Waals surface area contributed by atoms with E-state index in [4.69, 9.17) is 16.3 Å². The van der Waals surface area contributed by atoms with Crippen molar-refractivity contribution in [2.45, 2.75) is 6.54 Å². The molecule has 94 valence electrons. The van der Waals surface area contributed by atoms with Gasteiger partial charge in [0.05, 0.1) is 7.11 Å². The predicted octanol–water partition coefficient (Wildman–Crippen LogP) is 3.74. The monoisotopic (exact) mass is 261 g/mol. The molecule has 2 aromatic carbocycles. The Labute approximate surface area is 113 Å². The van der Waals surface area contributed by atoms with Gasteiger partial charge in [-0.2, -0.15) is 0 Å². The molecule has 2 nitrogen and oxygen atoms in total. The van der Waals surface area contributed by atoms with Crippen molar-refractivity contribution < 1.29 is 4.74 Å². The van der Waals surface area contributed by atoms with Crippen molar-refractivity contribution in [3.63, 3.8) is 0 Å². The third kappa shape index (κ3) is 2.66. The number of halogens is 1. The van der Waals surface area contributed by atoms with E-state index in [0.29, 0.717) is 5.02 Å². The predicted molar refractivity (Wildman–Crippen MR) is 76.2 cm³/mol. The molecule has 3 heteroatoms. The van der Waals surface area contributed by atoms with Gasteiger partial charge in [-0.1, -0.05) is 35.9 Å². The van der Waals surface area contributed by atoms with E-state index in [-0.39, 0.29) is 0 Å². The van der Waals surface area contributed by atoms with E-state index in [0.717, 1.165) is 23.4 Å². The first-order valence-electron chi connectivity index (χ1n) is 5.82. The molecule has 0 aromatic heterocycles. The average Bonchev–Trinajstić information content (AvgIpc) is 2.40. The minimum Gasteiger partial charge on any atom is -0.496 e. The largest absolute Gasteiger partial charge is 0.496 e. The maximum absolute atomic E-state index is 6.08. The van der Waals surface area contributed by atoms with Crippen LogP contribution in [0.1, 0.15) is 5.56 Å². The fraction of sp³-hybridized carbons (Fsp3) is 0.200. The molecule has 1 N–H and O–H groups in total. The van der Waals surface area contributed by atoms with Gasteiger partial charge in [-0.15, -0.1) is 0 Å². The fourth-order valence-corrected chi connectivity index (χ4v) is 2.19. The van der Waals surface area contributed by atoms with Crippen molar-refractivity contribution in [1.82, 2.24) is 5.32 Å². The summed E-state index contributed by atoms with van der Waals surface area (Å²) in [6, 6.07) is 13.9. The summed E-state index contributed by atoms with van der Waals surface area (Å²) >= 11 is 6.08. The molecule has 0 aliphatic rings. The zero-order chi connectivity index (χ0) is 13.0. The van der Waals surface area contributed by atoms with Crippen molar-refractivity contribution in [3.05, 3.63) is 53.1 Å². The van der Waals surface area contributed by atoms with Crippen LogP contribution in [0.15, 0.2) is 42.5 Å². The molecule has 0 saturated heterocycles. The summed E-state index contributed by atoms with van der Waals surface area (Å²) in [5.41, 5.74) is 3.39. The molecule has 2 aromatic rings. The Kier molecular flexibility index (Phi) is 4.24. The highest BCUT2D eigenvalue weighted by Crippen LogP contribution is 2.34. The first-order chi connectivity index (χ1) is 8.76. The van der Waals surface area contributed by atoms with Crippen LogP contribution in [0, 0.1) is 0 Å². The molecule has 0 aliphatic carbocycles. The summed E-state index contributed by atoms with van der Waals surface area (Å²) in [4.78, 5) is 0. The molecular formula is C15H16ClNO. The third-order valence-corrected chi connectivity index (χ3v) is 3.07. The Morgan fingerprint density at radius 3 is 2.61 bits per heavy atom. The Hall–Kier alpha value is -1.51. The van der Waals surface area contributed by atoms with E-state index in [9.17, 15) is 0 Å². The second-order valence-electron chi connectivity index (χ2n) is 4.03. The van der Waals surface area contributed by atoms with E-state index in [1.807, 2.05) is 37.4 Å². The lowest BCUT2D eigenvalue weighted by Gasteiger charge is -2.13. The van der Waals surface area contributed by atoms with Crippen LogP contribution in [0.2, 0.25) is 5.02 Å². The molecule has 0 atom stereocenters. The van der Waals surface area contributed by atoms with Crippen LogP contribution in [-0.2, 0) is 6.54 Å². The van der Waals surface area contributed by atoms with Gasteiger partial charge in [0.15, 0.2) is 0 Å². The molecule has 2 rings (SSSR count). The van der Waals surface area contributed by atoms with E-state index < -0.39 is 0 Å². The van der Waals surface area contributed by atoms with Crippen molar-refractivity contribution in [1.29, 1.82) is 0 Å². The molecule has 0 heterocycles. The summed E-state index contributed by atoms with van der Waals surface area (Å²) in [7, 11) is 3.61. The number of rotatable bonds is 4. The van der Waals surface area contributed by atoms with Gasteiger partial charge in [-0.3, -0.25) is 0 Å². The highest BCUT2D eigenvalue weighted by atomic mass is 35.5. The zero-order valence-electron chi connectivity index (χ0n) is 10.5.